The summed E-state index contributed by atoms with van der Waals surface area (Å²) in [5.74, 6) is 0.474. The first-order valence-corrected chi connectivity index (χ1v) is 9.74. The lowest BCUT2D eigenvalue weighted by Gasteiger charge is -2.12. The third kappa shape index (κ3) is 3.54. The third-order valence-corrected chi connectivity index (χ3v) is 4.88. The summed E-state index contributed by atoms with van der Waals surface area (Å²) < 4.78 is 18.4. The number of nitrogens with zero attached hydrogens (tertiary/aromatic N) is 7. The van der Waals surface area contributed by atoms with E-state index in [1.54, 1.807) is 51.2 Å². The van der Waals surface area contributed by atoms with Gasteiger partial charge in [0.05, 0.1) is 17.6 Å². The molecule has 3 heterocycles. The van der Waals surface area contributed by atoms with E-state index >= 15 is 0 Å². The molecular weight excluding hydrogens is 411 g/mol. The molecule has 32 heavy (non-hydrogen) atoms. The van der Waals surface area contributed by atoms with Gasteiger partial charge in [0.15, 0.2) is 11.6 Å². The summed E-state index contributed by atoms with van der Waals surface area (Å²) in [6.07, 6.45) is 5.12. The number of carbonyl (C=O) groups is 1. The quantitative estimate of drug-likeness (QED) is 0.463. The molecular formula is C22H17FN8O. The molecule has 0 atom stereocenters. The van der Waals surface area contributed by atoms with Gasteiger partial charge in [-0.2, -0.15) is 9.78 Å². The SMILES string of the molecule is Cc1nnnn1-c1cccc(NC(=O)c2cnn(-c3ccc(F)cc3)c2-n2cccc2)c1. The van der Waals surface area contributed by atoms with Crippen LogP contribution in [0.2, 0.25) is 0 Å². The minimum atomic E-state index is -0.348. The second-order valence-corrected chi connectivity index (χ2v) is 7.00. The first-order valence-electron chi connectivity index (χ1n) is 9.74. The largest absolute Gasteiger partial charge is 0.322 e. The van der Waals surface area contributed by atoms with Crippen LogP contribution in [0.4, 0.5) is 10.1 Å². The van der Waals surface area contributed by atoms with Crippen LogP contribution in [0.3, 0.4) is 0 Å². The Hall–Kier alpha value is -4.60. The molecule has 0 radical (unpaired) electrons. The van der Waals surface area contributed by atoms with Crippen LogP contribution in [0.1, 0.15) is 16.2 Å². The number of aromatic nitrogens is 7. The molecule has 0 spiro atoms. The normalized spacial score (nSPS) is 10.9. The van der Waals surface area contributed by atoms with Crippen LogP contribution >= 0.6 is 0 Å². The zero-order valence-electron chi connectivity index (χ0n) is 16.9. The number of nitrogens with one attached hydrogen (secondary N) is 1. The second-order valence-electron chi connectivity index (χ2n) is 7.00. The van der Waals surface area contributed by atoms with Gasteiger partial charge in [0.1, 0.15) is 11.4 Å². The van der Waals surface area contributed by atoms with Crippen molar-refractivity contribution in [1.82, 2.24) is 34.6 Å². The van der Waals surface area contributed by atoms with Crippen LogP contribution in [-0.4, -0.2) is 40.5 Å². The molecule has 158 valence electrons. The molecule has 0 bridgehead atoms. The molecule has 1 amide bonds. The van der Waals surface area contributed by atoms with Crippen LogP contribution < -0.4 is 5.32 Å². The lowest BCUT2D eigenvalue weighted by Crippen LogP contribution is -2.15. The van der Waals surface area contributed by atoms with Crippen molar-refractivity contribution in [3.8, 4) is 17.2 Å². The van der Waals surface area contributed by atoms with E-state index in [1.807, 2.05) is 30.6 Å². The predicted octanol–water partition coefficient (Wildman–Crippen LogP) is 3.34. The maximum Gasteiger partial charge on any atom is 0.261 e. The zero-order valence-corrected chi connectivity index (χ0v) is 16.9. The summed E-state index contributed by atoms with van der Waals surface area (Å²) >= 11 is 0. The van der Waals surface area contributed by atoms with Crippen molar-refractivity contribution in [2.24, 2.45) is 0 Å². The lowest BCUT2D eigenvalue weighted by atomic mass is 10.2. The zero-order chi connectivity index (χ0) is 22.1. The van der Waals surface area contributed by atoms with Gasteiger partial charge >= 0.3 is 0 Å². The Morgan fingerprint density at radius 3 is 2.47 bits per heavy atom. The molecule has 0 aliphatic rings. The summed E-state index contributed by atoms with van der Waals surface area (Å²) in [5, 5.41) is 18.8. The molecule has 10 heteroatoms. The van der Waals surface area contributed by atoms with Crippen molar-refractivity contribution in [3.05, 3.63) is 96.5 Å². The van der Waals surface area contributed by atoms with Crippen molar-refractivity contribution in [2.45, 2.75) is 6.92 Å². The van der Waals surface area contributed by atoms with Crippen molar-refractivity contribution in [1.29, 1.82) is 0 Å². The number of halogens is 1. The number of aryl methyl sites for hydroxylation is 1. The summed E-state index contributed by atoms with van der Waals surface area (Å²) in [6, 6.07) is 16.8. The van der Waals surface area contributed by atoms with Crippen molar-refractivity contribution >= 4 is 11.6 Å². The standard InChI is InChI=1S/C22H17FN8O/c1-15-26-27-28-30(15)19-6-4-5-17(13-19)25-21(32)20-14-24-31(18-9-7-16(23)8-10-18)22(20)29-11-2-3-12-29/h2-14H,1H3,(H,25,32). The monoisotopic (exact) mass is 428 g/mol. The van der Waals surface area contributed by atoms with Crippen molar-refractivity contribution in [3.63, 3.8) is 0 Å². The van der Waals surface area contributed by atoms with Crippen molar-refractivity contribution in [2.75, 3.05) is 5.32 Å². The van der Waals surface area contributed by atoms with E-state index < -0.39 is 0 Å². The first kappa shape index (κ1) is 19.4. The average molecular weight is 428 g/mol. The van der Waals surface area contributed by atoms with Gasteiger partial charge in [-0.1, -0.05) is 6.07 Å². The molecule has 0 fully saturated rings. The number of hydrogen-bond acceptors (Lipinski definition) is 5. The summed E-state index contributed by atoms with van der Waals surface area (Å²) in [7, 11) is 0. The molecule has 2 aromatic carbocycles. The smallest absolute Gasteiger partial charge is 0.261 e. The van der Waals surface area contributed by atoms with Crippen molar-refractivity contribution < 1.29 is 9.18 Å². The fraction of sp³-hybridized carbons (Fsp3) is 0.0455. The highest BCUT2D eigenvalue weighted by Crippen LogP contribution is 2.22. The number of amides is 1. The van der Waals surface area contributed by atoms with E-state index in [1.165, 1.54) is 18.3 Å². The number of rotatable bonds is 5. The van der Waals surface area contributed by atoms with E-state index in [-0.39, 0.29) is 11.7 Å². The lowest BCUT2D eigenvalue weighted by molar-refractivity contribution is 0.102. The van der Waals surface area contributed by atoms with Gasteiger partial charge in [-0.3, -0.25) is 4.79 Å². The Labute approximate surface area is 181 Å². The van der Waals surface area contributed by atoms with Crippen LogP contribution in [-0.2, 0) is 0 Å². The molecule has 0 aliphatic carbocycles. The van der Waals surface area contributed by atoms with Crippen LogP contribution in [0.15, 0.2) is 79.3 Å². The van der Waals surface area contributed by atoms with Crippen LogP contribution in [0.25, 0.3) is 17.2 Å². The number of benzene rings is 2. The number of anilines is 1. The molecule has 0 saturated heterocycles. The Morgan fingerprint density at radius 1 is 0.969 bits per heavy atom. The average Bonchev–Trinajstić information content (AvgIpc) is 3.55. The molecule has 0 aliphatic heterocycles. The molecule has 0 saturated carbocycles. The van der Waals surface area contributed by atoms with Crippen LogP contribution in [0, 0.1) is 12.7 Å². The fourth-order valence-corrected chi connectivity index (χ4v) is 3.38. The van der Waals surface area contributed by atoms with Gasteiger partial charge in [-0.05, 0) is 71.9 Å². The van der Waals surface area contributed by atoms with E-state index in [9.17, 15) is 9.18 Å². The van der Waals surface area contributed by atoms with E-state index in [4.69, 9.17) is 0 Å². The molecule has 5 rings (SSSR count). The molecule has 3 aromatic heterocycles. The minimum Gasteiger partial charge on any atom is -0.322 e. The highest BCUT2D eigenvalue weighted by atomic mass is 19.1. The van der Waals surface area contributed by atoms with Crippen LogP contribution in [0.5, 0.6) is 0 Å². The Bertz CT molecular complexity index is 1390. The number of tetrazole rings is 1. The number of hydrogen-bond donors (Lipinski definition) is 1. The highest BCUT2D eigenvalue weighted by Gasteiger charge is 2.20. The van der Waals surface area contributed by atoms with E-state index in [0.29, 0.717) is 28.6 Å². The fourth-order valence-electron chi connectivity index (χ4n) is 3.38. The van der Waals surface area contributed by atoms with E-state index in [2.05, 4.69) is 25.9 Å². The summed E-state index contributed by atoms with van der Waals surface area (Å²) in [4.78, 5) is 13.2. The van der Waals surface area contributed by atoms with Gasteiger partial charge in [-0.25, -0.2) is 9.07 Å². The summed E-state index contributed by atoms with van der Waals surface area (Å²) in [5.41, 5.74) is 2.29. The van der Waals surface area contributed by atoms with Gasteiger partial charge in [-0.15, -0.1) is 5.10 Å². The molecule has 0 unspecified atom stereocenters. The topological polar surface area (TPSA) is 95.5 Å². The van der Waals surface area contributed by atoms with Gasteiger partial charge in [0, 0.05) is 18.1 Å². The number of carbonyl (C=O) groups excluding carboxylic acids is 1. The first-order chi connectivity index (χ1) is 15.6. The summed E-state index contributed by atoms with van der Waals surface area (Å²) in [6.45, 7) is 1.79. The van der Waals surface area contributed by atoms with Gasteiger partial charge < -0.3 is 9.88 Å². The van der Waals surface area contributed by atoms with Gasteiger partial charge in [0.25, 0.3) is 5.91 Å². The Balaban J connectivity index is 1.51. The maximum atomic E-state index is 13.4. The Kier molecular flexibility index (Phi) is 4.79. The maximum absolute atomic E-state index is 13.4. The Morgan fingerprint density at radius 2 is 1.75 bits per heavy atom. The predicted molar refractivity (Wildman–Crippen MR) is 115 cm³/mol. The third-order valence-electron chi connectivity index (χ3n) is 4.88. The highest BCUT2D eigenvalue weighted by molar-refractivity contribution is 6.06. The molecule has 9 nitrogen and oxygen atoms in total. The van der Waals surface area contributed by atoms with E-state index in [0.717, 1.165) is 5.69 Å². The molecule has 5 aromatic rings. The van der Waals surface area contributed by atoms with Gasteiger partial charge in [0.2, 0.25) is 0 Å². The molecule has 1 N–H and O–H groups in total. The minimum absolute atomic E-state index is 0.340. The second kappa shape index (κ2) is 7.91.